The summed E-state index contributed by atoms with van der Waals surface area (Å²) in [4.78, 5) is 22.5. The van der Waals surface area contributed by atoms with Crippen molar-refractivity contribution in [3.05, 3.63) is 0 Å². The highest BCUT2D eigenvalue weighted by atomic mass is 16.5. The number of amides is 2. The SMILES string of the molecule is O=C1NC(=O)[C@H]2C3CC[C@@H](O3)[C@@H]12. The van der Waals surface area contributed by atoms with E-state index < -0.39 is 0 Å². The molecule has 2 amide bonds. The number of carbonyl (C=O) groups excluding carboxylic acids is 2. The molecular weight excluding hydrogens is 158 g/mol. The lowest BCUT2D eigenvalue weighted by molar-refractivity contribution is -0.128. The van der Waals surface area contributed by atoms with E-state index in [1.54, 1.807) is 0 Å². The standard InChI is InChI=1S/C8H9NO3/c10-7-5-3-1-2-4(12-3)6(5)8(11)9-7/h3-6H,1-2H2,(H,9,10,11)/t3-,4?,5-,6+/m1/s1. The molecule has 0 saturated carbocycles. The predicted molar refractivity (Wildman–Crippen MR) is 38.0 cm³/mol. The molecule has 1 N–H and O–H groups in total. The Hall–Kier alpha value is -0.900. The predicted octanol–water partition coefficient (Wildman–Crippen LogP) is -0.564. The minimum Gasteiger partial charge on any atom is -0.373 e. The van der Waals surface area contributed by atoms with E-state index in [-0.39, 0.29) is 35.9 Å². The maximum Gasteiger partial charge on any atom is 0.233 e. The Morgan fingerprint density at radius 3 is 2.08 bits per heavy atom. The van der Waals surface area contributed by atoms with Crippen molar-refractivity contribution in [1.82, 2.24) is 5.32 Å². The van der Waals surface area contributed by atoms with Crippen molar-refractivity contribution >= 4 is 11.8 Å². The van der Waals surface area contributed by atoms with Gasteiger partial charge in [0.15, 0.2) is 0 Å². The van der Waals surface area contributed by atoms with E-state index in [2.05, 4.69) is 5.32 Å². The highest BCUT2D eigenvalue weighted by Gasteiger charge is 2.59. The van der Waals surface area contributed by atoms with Crippen LogP contribution in [0.15, 0.2) is 0 Å². The zero-order chi connectivity index (χ0) is 8.29. The maximum atomic E-state index is 11.2. The van der Waals surface area contributed by atoms with E-state index in [0.29, 0.717) is 0 Å². The van der Waals surface area contributed by atoms with Crippen molar-refractivity contribution < 1.29 is 14.3 Å². The molecule has 0 radical (unpaired) electrons. The Balaban J connectivity index is 2.03. The Morgan fingerprint density at radius 2 is 1.58 bits per heavy atom. The summed E-state index contributed by atoms with van der Waals surface area (Å²) in [6.07, 6.45) is 1.91. The van der Waals surface area contributed by atoms with Gasteiger partial charge in [-0.05, 0) is 12.8 Å². The van der Waals surface area contributed by atoms with Gasteiger partial charge in [-0.1, -0.05) is 0 Å². The molecule has 3 aliphatic rings. The molecule has 64 valence electrons. The minimum absolute atomic E-state index is 0.0199. The fourth-order valence-corrected chi connectivity index (χ4v) is 2.63. The second-order valence-electron chi connectivity index (χ2n) is 3.70. The summed E-state index contributed by atoms with van der Waals surface area (Å²) in [5, 5.41) is 2.36. The molecule has 4 atom stereocenters. The topological polar surface area (TPSA) is 55.4 Å². The van der Waals surface area contributed by atoms with Gasteiger partial charge in [0.2, 0.25) is 11.8 Å². The average molecular weight is 167 g/mol. The fraction of sp³-hybridized carbons (Fsp3) is 0.750. The first-order valence-electron chi connectivity index (χ1n) is 4.27. The summed E-state index contributed by atoms with van der Waals surface area (Å²) in [5.74, 6) is -0.595. The second kappa shape index (κ2) is 1.88. The first kappa shape index (κ1) is 6.60. The molecule has 3 heterocycles. The highest BCUT2D eigenvalue weighted by Crippen LogP contribution is 2.45. The van der Waals surface area contributed by atoms with Gasteiger partial charge < -0.3 is 4.74 Å². The van der Waals surface area contributed by atoms with Gasteiger partial charge in [-0.15, -0.1) is 0 Å². The number of carbonyl (C=O) groups is 2. The minimum atomic E-state index is -0.170. The zero-order valence-corrected chi connectivity index (χ0v) is 6.45. The summed E-state index contributed by atoms with van der Waals surface area (Å²) in [6, 6.07) is 0. The smallest absolute Gasteiger partial charge is 0.233 e. The van der Waals surface area contributed by atoms with Crippen LogP contribution in [-0.4, -0.2) is 24.0 Å². The van der Waals surface area contributed by atoms with E-state index in [1.807, 2.05) is 0 Å². The van der Waals surface area contributed by atoms with Gasteiger partial charge in [0, 0.05) is 0 Å². The number of nitrogens with one attached hydrogen (secondary N) is 1. The van der Waals surface area contributed by atoms with Gasteiger partial charge in [0.1, 0.15) is 0 Å². The number of hydrogen-bond acceptors (Lipinski definition) is 3. The van der Waals surface area contributed by atoms with Crippen LogP contribution >= 0.6 is 0 Å². The van der Waals surface area contributed by atoms with E-state index in [0.717, 1.165) is 12.8 Å². The van der Waals surface area contributed by atoms with Gasteiger partial charge in [0.25, 0.3) is 0 Å². The van der Waals surface area contributed by atoms with E-state index >= 15 is 0 Å². The molecule has 0 aliphatic carbocycles. The van der Waals surface area contributed by atoms with Crippen molar-refractivity contribution in [2.24, 2.45) is 11.8 Å². The van der Waals surface area contributed by atoms with Gasteiger partial charge >= 0.3 is 0 Å². The molecule has 3 fully saturated rings. The summed E-state index contributed by atoms with van der Waals surface area (Å²) >= 11 is 0. The number of ether oxygens (including phenoxy) is 1. The Labute approximate surface area is 69.3 Å². The van der Waals surface area contributed by atoms with Crippen LogP contribution in [0.4, 0.5) is 0 Å². The first-order valence-corrected chi connectivity index (χ1v) is 4.27. The molecule has 0 aromatic heterocycles. The van der Waals surface area contributed by atoms with E-state index in [9.17, 15) is 9.59 Å². The summed E-state index contributed by atoms with van der Waals surface area (Å²) in [6.45, 7) is 0. The normalized spacial score (nSPS) is 49.7. The molecule has 0 spiro atoms. The van der Waals surface area contributed by atoms with E-state index in [1.165, 1.54) is 0 Å². The fourth-order valence-electron chi connectivity index (χ4n) is 2.63. The first-order chi connectivity index (χ1) is 5.77. The Morgan fingerprint density at radius 1 is 1.08 bits per heavy atom. The van der Waals surface area contributed by atoms with Crippen molar-refractivity contribution in [3.8, 4) is 0 Å². The Kier molecular flexibility index (Phi) is 1.03. The third kappa shape index (κ3) is 0.579. The van der Waals surface area contributed by atoms with Gasteiger partial charge in [-0.25, -0.2) is 0 Å². The van der Waals surface area contributed by atoms with Crippen LogP contribution < -0.4 is 5.32 Å². The van der Waals surface area contributed by atoms with Crippen molar-refractivity contribution in [3.63, 3.8) is 0 Å². The largest absolute Gasteiger partial charge is 0.373 e. The lowest BCUT2D eigenvalue weighted by atomic mass is 9.81. The Bertz CT molecular complexity index is 249. The molecular formula is C8H9NO3. The van der Waals surface area contributed by atoms with Gasteiger partial charge in [-0.3, -0.25) is 14.9 Å². The monoisotopic (exact) mass is 167 g/mol. The summed E-state index contributed by atoms with van der Waals surface area (Å²) in [5.41, 5.74) is 0. The van der Waals surface area contributed by atoms with Crippen LogP contribution in [0.25, 0.3) is 0 Å². The molecule has 12 heavy (non-hydrogen) atoms. The van der Waals surface area contributed by atoms with Crippen molar-refractivity contribution in [1.29, 1.82) is 0 Å². The lowest BCUT2D eigenvalue weighted by Gasteiger charge is -2.15. The molecule has 4 heteroatoms. The van der Waals surface area contributed by atoms with Crippen LogP contribution in [0.2, 0.25) is 0 Å². The molecule has 1 unspecified atom stereocenters. The quantitative estimate of drug-likeness (QED) is 0.492. The maximum absolute atomic E-state index is 11.2. The number of rotatable bonds is 0. The number of hydrogen-bond donors (Lipinski definition) is 1. The molecule has 4 nitrogen and oxygen atoms in total. The van der Waals surface area contributed by atoms with Gasteiger partial charge in [-0.2, -0.15) is 0 Å². The molecule has 3 rings (SSSR count). The molecule has 3 saturated heterocycles. The average Bonchev–Trinajstić information content (AvgIpc) is 2.64. The molecule has 2 bridgehead atoms. The van der Waals surface area contributed by atoms with Crippen LogP contribution in [0.5, 0.6) is 0 Å². The molecule has 3 aliphatic heterocycles. The van der Waals surface area contributed by atoms with Crippen molar-refractivity contribution in [2.75, 3.05) is 0 Å². The van der Waals surface area contributed by atoms with Crippen LogP contribution in [-0.2, 0) is 14.3 Å². The number of fused-ring (bicyclic) bond motifs is 5. The van der Waals surface area contributed by atoms with Crippen LogP contribution in [0, 0.1) is 11.8 Å². The van der Waals surface area contributed by atoms with Crippen molar-refractivity contribution in [2.45, 2.75) is 25.0 Å². The van der Waals surface area contributed by atoms with Crippen LogP contribution in [0.3, 0.4) is 0 Å². The lowest BCUT2D eigenvalue weighted by Crippen LogP contribution is -2.29. The number of imide groups is 1. The second-order valence-corrected chi connectivity index (χ2v) is 3.70. The molecule has 0 aromatic carbocycles. The van der Waals surface area contributed by atoms with E-state index in [4.69, 9.17) is 4.74 Å². The highest BCUT2D eigenvalue weighted by molar-refractivity contribution is 6.06. The third-order valence-electron chi connectivity index (χ3n) is 3.13. The summed E-state index contributed by atoms with van der Waals surface area (Å²) in [7, 11) is 0. The van der Waals surface area contributed by atoms with Crippen LogP contribution in [0.1, 0.15) is 12.8 Å². The summed E-state index contributed by atoms with van der Waals surface area (Å²) < 4.78 is 5.50. The molecule has 0 aromatic rings. The third-order valence-corrected chi connectivity index (χ3v) is 3.13. The zero-order valence-electron chi connectivity index (χ0n) is 6.45. The van der Waals surface area contributed by atoms with Gasteiger partial charge in [0.05, 0.1) is 24.0 Å².